The molecular formula is C45H27N5. The van der Waals surface area contributed by atoms with Gasteiger partial charge in [-0.1, -0.05) is 97.1 Å². The van der Waals surface area contributed by atoms with Crippen molar-refractivity contribution in [3.05, 3.63) is 164 Å². The van der Waals surface area contributed by atoms with E-state index in [2.05, 4.69) is 142 Å². The first kappa shape index (κ1) is 28.2. The van der Waals surface area contributed by atoms with Crippen molar-refractivity contribution >= 4 is 54.4 Å². The number of nitrogens with zero attached hydrogens (tertiary/aromatic N) is 5. The zero-order valence-electron chi connectivity index (χ0n) is 26.8. The molecule has 5 aromatic carbocycles. The summed E-state index contributed by atoms with van der Waals surface area (Å²) in [6.45, 7) is 0. The van der Waals surface area contributed by atoms with Crippen LogP contribution < -0.4 is 0 Å². The maximum absolute atomic E-state index is 5.12. The van der Waals surface area contributed by atoms with E-state index in [1.807, 2.05) is 36.9 Å². The molecule has 0 aliphatic heterocycles. The van der Waals surface area contributed by atoms with Crippen LogP contribution in [0.2, 0.25) is 0 Å². The lowest BCUT2D eigenvalue weighted by molar-refractivity contribution is 1.35. The summed E-state index contributed by atoms with van der Waals surface area (Å²) in [5, 5.41) is 6.64. The molecule has 0 aliphatic rings. The Balaban J connectivity index is 0.987. The SMILES string of the molecule is c1cc(-c2ccc3ccc(-c4ccc5ccc(-c6ccc(-c7ccnc8c7ccc7cccnc78)cc6)nc5c4)cc3n2)c2cnccc2c1. The summed E-state index contributed by atoms with van der Waals surface area (Å²) in [6, 6.07) is 48.8. The Morgan fingerprint density at radius 1 is 0.360 bits per heavy atom. The van der Waals surface area contributed by atoms with E-state index in [1.54, 1.807) is 0 Å². The maximum atomic E-state index is 5.12. The van der Waals surface area contributed by atoms with E-state index in [9.17, 15) is 0 Å². The van der Waals surface area contributed by atoms with Crippen molar-refractivity contribution in [2.75, 3.05) is 0 Å². The molecule has 0 amide bonds. The molecule has 5 nitrogen and oxygen atoms in total. The Kier molecular flexibility index (Phi) is 6.42. The average molecular weight is 638 g/mol. The Labute approximate surface area is 287 Å². The molecular weight excluding hydrogens is 611 g/mol. The van der Waals surface area contributed by atoms with Gasteiger partial charge in [-0.05, 0) is 70.1 Å². The Hall–Kier alpha value is -6.85. The summed E-state index contributed by atoms with van der Waals surface area (Å²) in [6.07, 6.45) is 7.44. The first-order chi connectivity index (χ1) is 24.7. The molecule has 0 atom stereocenters. The second kappa shape index (κ2) is 11.4. The van der Waals surface area contributed by atoms with Crippen LogP contribution in [0.3, 0.4) is 0 Å². The fourth-order valence-electron chi connectivity index (χ4n) is 7.07. The zero-order chi connectivity index (χ0) is 33.0. The molecule has 0 spiro atoms. The summed E-state index contributed by atoms with van der Waals surface area (Å²) in [4.78, 5) is 23.9. The van der Waals surface area contributed by atoms with Crippen molar-refractivity contribution in [1.82, 2.24) is 24.9 Å². The first-order valence-electron chi connectivity index (χ1n) is 16.6. The second-order valence-corrected chi connectivity index (χ2v) is 12.6. The number of fused-ring (bicyclic) bond motifs is 6. The van der Waals surface area contributed by atoms with Gasteiger partial charge in [0.05, 0.1) is 33.5 Å². The molecule has 0 N–H and O–H groups in total. The van der Waals surface area contributed by atoms with Gasteiger partial charge in [0, 0.05) is 62.8 Å². The van der Waals surface area contributed by atoms with Crippen molar-refractivity contribution in [2.24, 2.45) is 0 Å². The van der Waals surface area contributed by atoms with E-state index in [-0.39, 0.29) is 0 Å². The maximum Gasteiger partial charge on any atom is 0.0970 e. The normalized spacial score (nSPS) is 11.6. The molecule has 0 saturated carbocycles. The Morgan fingerprint density at radius 3 is 1.84 bits per heavy atom. The number of pyridine rings is 5. The molecule has 10 rings (SSSR count). The summed E-state index contributed by atoms with van der Waals surface area (Å²) in [7, 11) is 0. The smallest absolute Gasteiger partial charge is 0.0970 e. The quantitative estimate of drug-likeness (QED) is 0.180. The van der Waals surface area contributed by atoms with Gasteiger partial charge >= 0.3 is 0 Å². The van der Waals surface area contributed by atoms with Crippen LogP contribution >= 0.6 is 0 Å². The zero-order valence-corrected chi connectivity index (χ0v) is 26.8. The van der Waals surface area contributed by atoms with Crippen LogP contribution in [0.5, 0.6) is 0 Å². The summed E-state index contributed by atoms with van der Waals surface area (Å²) < 4.78 is 0. The van der Waals surface area contributed by atoms with Gasteiger partial charge in [0.25, 0.3) is 0 Å². The summed E-state index contributed by atoms with van der Waals surface area (Å²) >= 11 is 0. The lowest BCUT2D eigenvalue weighted by atomic mass is 9.98. The van der Waals surface area contributed by atoms with E-state index in [0.717, 1.165) is 99.2 Å². The minimum atomic E-state index is 0.918. The van der Waals surface area contributed by atoms with Crippen LogP contribution in [0.1, 0.15) is 0 Å². The number of aromatic nitrogens is 5. The third-order valence-corrected chi connectivity index (χ3v) is 9.65. The van der Waals surface area contributed by atoms with Gasteiger partial charge < -0.3 is 0 Å². The van der Waals surface area contributed by atoms with E-state index >= 15 is 0 Å². The molecule has 5 aromatic heterocycles. The molecule has 0 fully saturated rings. The van der Waals surface area contributed by atoms with Crippen LogP contribution in [0.15, 0.2) is 164 Å². The van der Waals surface area contributed by atoms with Crippen LogP contribution in [0.4, 0.5) is 0 Å². The highest BCUT2D eigenvalue weighted by molar-refractivity contribution is 6.08. The predicted octanol–water partition coefficient (Wildman–Crippen LogP) is 11.1. The molecule has 5 heterocycles. The van der Waals surface area contributed by atoms with Crippen LogP contribution in [-0.2, 0) is 0 Å². The predicted molar refractivity (Wildman–Crippen MR) is 205 cm³/mol. The fourth-order valence-corrected chi connectivity index (χ4v) is 7.07. The molecule has 232 valence electrons. The summed E-state index contributed by atoms with van der Waals surface area (Å²) in [5.74, 6) is 0. The van der Waals surface area contributed by atoms with Gasteiger partial charge in [-0.15, -0.1) is 0 Å². The lowest BCUT2D eigenvalue weighted by Gasteiger charge is -2.10. The van der Waals surface area contributed by atoms with Crippen molar-refractivity contribution in [2.45, 2.75) is 0 Å². The largest absolute Gasteiger partial charge is 0.264 e. The van der Waals surface area contributed by atoms with E-state index in [0.29, 0.717) is 0 Å². The molecule has 0 saturated heterocycles. The van der Waals surface area contributed by atoms with Crippen molar-refractivity contribution in [3.63, 3.8) is 0 Å². The van der Waals surface area contributed by atoms with Gasteiger partial charge in [0.1, 0.15) is 0 Å². The Morgan fingerprint density at radius 2 is 1.02 bits per heavy atom. The van der Waals surface area contributed by atoms with Crippen LogP contribution in [0.25, 0.3) is 99.2 Å². The third-order valence-electron chi connectivity index (χ3n) is 9.65. The monoisotopic (exact) mass is 637 g/mol. The van der Waals surface area contributed by atoms with Gasteiger partial charge in [0.2, 0.25) is 0 Å². The fraction of sp³-hybridized carbons (Fsp3) is 0. The topological polar surface area (TPSA) is 64.5 Å². The molecule has 0 radical (unpaired) electrons. The summed E-state index contributed by atoms with van der Waals surface area (Å²) in [5.41, 5.74) is 12.2. The van der Waals surface area contributed by atoms with E-state index in [4.69, 9.17) is 9.97 Å². The van der Waals surface area contributed by atoms with Gasteiger partial charge in [0.15, 0.2) is 0 Å². The lowest BCUT2D eigenvalue weighted by Crippen LogP contribution is -1.90. The minimum Gasteiger partial charge on any atom is -0.264 e. The third kappa shape index (κ3) is 4.75. The van der Waals surface area contributed by atoms with Gasteiger partial charge in [-0.25, -0.2) is 9.97 Å². The molecule has 0 bridgehead atoms. The highest BCUT2D eigenvalue weighted by atomic mass is 14.7. The molecule has 0 aliphatic carbocycles. The second-order valence-electron chi connectivity index (χ2n) is 12.6. The number of rotatable bonds is 4. The number of hydrogen-bond acceptors (Lipinski definition) is 5. The van der Waals surface area contributed by atoms with Crippen molar-refractivity contribution < 1.29 is 0 Å². The van der Waals surface area contributed by atoms with Crippen LogP contribution in [-0.4, -0.2) is 24.9 Å². The Bertz CT molecular complexity index is 2930. The average Bonchev–Trinajstić information content (AvgIpc) is 3.19. The highest BCUT2D eigenvalue weighted by Crippen LogP contribution is 2.34. The molecule has 0 unspecified atom stereocenters. The minimum absolute atomic E-state index is 0.918. The number of benzene rings is 5. The van der Waals surface area contributed by atoms with Crippen LogP contribution in [0, 0.1) is 0 Å². The van der Waals surface area contributed by atoms with E-state index in [1.165, 1.54) is 0 Å². The van der Waals surface area contributed by atoms with Gasteiger partial charge in [-0.2, -0.15) is 0 Å². The molecule has 50 heavy (non-hydrogen) atoms. The number of hydrogen-bond donors (Lipinski definition) is 0. The standard InChI is InChI=1S/C45H27N5/c1-3-28-20-23-46-27-39(28)37(5-1)41-19-16-32-11-13-35(26-43(32)50-41)34-12-10-31-15-18-40(49-42(31)25-34)30-8-6-29(7-9-30)36-21-24-48-45-38(36)17-14-33-4-2-22-47-44(33)45/h1-27H. The van der Waals surface area contributed by atoms with Gasteiger partial charge in [-0.3, -0.25) is 15.0 Å². The molecule has 10 aromatic rings. The van der Waals surface area contributed by atoms with Crippen molar-refractivity contribution in [1.29, 1.82) is 0 Å². The first-order valence-corrected chi connectivity index (χ1v) is 16.6. The van der Waals surface area contributed by atoms with Crippen molar-refractivity contribution in [3.8, 4) is 44.8 Å². The molecule has 5 heteroatoms. The van der Waals surface area contributed by atoms with E-state index < -0.39 is 0 Å². The highest BCUT2D eigenvalue weighted by Gasteiger charge is 2.11.